The number of nitro benzene ring substituents is 1. The zero-order valence-electron chi connectivity index (χ0n) is 12.2. The Morgan fingerprint density at radius 2 is 1.43 bits per heavy atom. The zero-order chi connectivity index (χ0) is 15.8. The van der Waals surface area contributed by atoms with Crippen LogP contribution in [0.4, 0.5) is 5.69 Å². The van der Waals surface area contributed by atoms with Gasteiger partial charge >= 0.3 is 0 Å². The Hall–Kier alpha value is -3.14. The van der Waals surface area contributed by atoms with Gasteiger partial charge in [0, 0.05) is 29.2 Å². The third-order valence-electron chi connectivity index (χ3n) is 4.09. The van der Waals surface area contributed by atoms with Gasteiger partial charge in [-0.2, -0.15) is 0 Å². The van der Waals surface area contributed by atoms with Crippen LogP contribution in [0.15, 0.2) is 72.8 Å². The number of hydrogen-bond acceptors (Lipinski definition) is 3. The highest BCUT2D eigenvalue weighted by molar-refractivity contribution is 5.58. The lowest BCUT2D eigenvalue weighted by Gasteiger charge is -2.28. The first-order chi connectivity index (χ1) is 11.2. The lowest BCUT2D eigenvalue weighted by molar-refractivity contribution is -0.384. The molecule has 0 unspecified atom stereocenters. The minimum Gasteiger partial charge on any atom is -0.457 e. The van der Waals surface area contributed by atoms with E-state index in [0.29, 0.717) is 0 Å². The number of rotatable bonds is 2. The van der Waals surface area contributed by atoms with E-state index in [1.54, 1.807) is 12.1 Å². The number of ether oxygens (including phenoxy) is 1. The second-order valence-corrected chi connectivity index (χ2v) is 5.46. The van der Waals surface area contributed by atoms with E-state index in [1.807, 2.05) is 54.6 Å². The molecule has 0 amide bonds. The largest absolute Gasteiger partial charge is 0.457 e. The van der Waals surface area contributed by atoms with Gasteiger partial charge in [0.05, 0.1) is 4.92 Å². The summed E-state index contributed by atoms with van der Waals surface area (Å²) in [5, 5.41) is 11.1. The fourth-order valence-electron chi connectivity index (χ4n) is 3.09. The fourth-order valence-corrected chi connectivity index (χ4v) is 3.09. The number of fused-ring (bicyclic) bond motifs is 2. The molecule has 1 aliphatic heterocycles. The van der Waals surface area contributed by atoms with Crippen LogP contribution in [-0.2, 0) is 0 Å². The van der Waals surface area contributed by atoms with Gasteiger partial charge in [-0.15, -0.1) is 0 Å². The van der Waals surface area contributed by atoms with E-state index < -0.39 is 0 Å². The van der Waals surface area contributed by atoms with Gasteiger partial charge in [0.25, 0.3) is 5.69 Å². The molecule has 0 saturated carbocycles. The summed E-state index contributed by atoms with van der Waals surface area (Å²) in [6.07, 6.45) is 0. The Morgan fingerprint density at radius 1 is 0.826 bits per heavy atom. The van der Waals surface area contributed by atoms with Gasteiger partial charge in [-0.3, -0.25) is 10.1 Å². The van der Waals surface area contributed by atoms with E-state index in [4.69, 9.17) is 4.74 Å². The van der Waals surface area contributed by atoms with Gasteiger partial charge in [0.1, 0.15) is 11.5 Å². The highest BCUT2D eigenvalue weighted by Gasteiger charge is 2.28. The summed E-state index contributed by atoms with van der Waals surface area (Å²) in [6.45, 7) is 0. The highest BCUT2D eigenvalue weighted by atomic mass is 16.6. The minimum absolute atomic E-state index is 0.0731. The molecule has 4 rings (SSSR count). The van der Waals surface area contributed by atoms with Crippen LogP contribution in [0.1, 0.15) is 22.6 Å². The van der Waals surface area contributed by atoms with E-state index in [0.717, 1.165) is 28.2 Å². The second kappa shape index (κ2) is 5.25. The van der Waals surface area contributed by atoms with Crippen LogP contribution in [0.5, 0.6) is 11.5 Å². The lowest BCUT2D eigenvalue weighted by atomic mass is 9.82. The first-order valence-corrected chi connectivity index (χ1v) is 7.34. The molecule has 1 heterocycles. The average molecular weight is 303 g/mol. The third kappa shape index (κ3) is 2.25. The van der Waals surface area contributed by atoms with Gasteiger partial charge in [0.15, 0.2) is 0 Å². The van der Waals surface area contributed by atoms with Gasteiger partial charge in [-0.1, -0.05) is 48.5 Å². The second-order valence-electron chi connectivity index (χ2n) is 5.46. The average Bonchev–Trinajstić information content (AvgIpc) is 2.59. The summed E-state index contributed by atoms with van der Waals surface area (Å²) in [7, 11) is 0. The molecule has 4 nitrogen and oxygen atoms in total. The maximum absolute atomic E-state index is 11.1. The Balaban J connectivity index is 1.94. The van der Waals surface area contributed by atoms with E-state index in [1.165, 1.54) is 6.07 Å². The summed E-state index contributed by atoms with van der Waals surface area (Å²) in [5.74, 6) is 1.52. The van der Waals surface area contributed by atoms with Crippen molar-refractivity contribution in [2.75, 3.05) is 0 Å². The maximum Gasteiger partial charge on any atom is 0.269 e. The molecule has 0 fully saturated rings. The minimum atomic E-state index is -0.360. The Labute approximate surface area is 133 Å². The first-order valence-electron chi connectivity index (χ1n) is 7.34. The monoisotopic (exact) mass is 303 g/mol. The molecule has 112 valence electrons. The van der Waals surface area contributed by atoms with E-state index in [-0.39, 0.29) is 16.5 Å². The van der Waals surface area contributed by atoms with Crippen LogP contribution in [0.3, 0.4) is 0 Å². The number of benzene rings is 3. The van der Waals surface area contributed by atoms with Crippen molar-refractivity contribution in [2.45, 2.75) is 5.92 Å². The van der Waals surface area contributed by atoms with Gasteiger partial charge < -0.3 is 4.74 Å². The SMILES string of the molecule is O=[N+]([O-])c1cccc(C2c3ccccc3Oc3ccccc32)c1. The zero-order valence-corrected chi connectivity index (χ0v) is 12.2. The molecule has 23 heavy (non-hydrogen) atoms. The summed E-state index contributed by atoms with van der Waals surface area (Å²) in [4.78, 5) is 10.7. The molecule has 0 atom stereocenters. The molecule has 4 heteroatoms. The van der Waals surface area contributed by atoms with E-state index >= 15 is 0 Å². The van der Waals surface area contributed by atoms with Crippen LogP contribution >= 0.6 is 0 Å². The van der Waals surface area contributed by atoms with Crippen molar-refractivity contribution < 1.29 is 9.66 Å². The van der Waals surface area contributed by atoms with Crippen molar-refractivity contribution in [3.63, 3.8) is 0 Å². The summed E-state index contributed by atoms with van der Waals surface area (Å²) in [6, 6.07) is 22.5. The van der Waals surface area contributed by atoms with Crippen LogP contribution in [0, 0.1) is 10.1 Å². The molecule has 0 saturated heterocycles. The molecule has 0 aliphatic carbocycles. The summed E-state index contributed by atoms with van der Waals surface area (Å²) in [5.41, 5.74) is 3.03. The Morgan fingerprint density at radius 3 is 2.04 bits per heavy atom. The molecule has 0 N–H and O–H groups in total. The van der Waals surface area contributed by atoms with Crippen LogP contribution < -0.4 is 4.74 Å². The molecule has 0 aromatic heterocycles. The summed E-state index contributed by atoms with van der Waals surface area (Å²) >= 11 is 0. The van der Waals surface area contributed by atoms with Crippen LogP contribution in [-0.4, -0.2) is 4.92 Å². The first kappa shape index (κ1) is 13.5. The van der Waals surface area contributed by atoms with Crippen molar-refractivity contribution in [3.05, 3.63) is 99.6 Å². The van der Waals surface area contributed by atoms with Crippen molar-refractivity contribution >= 4 is 5.69 Å². The quantitative estimate of drug-likeness (QED) is 0.391. The van der Waals surface area contributed by atoms with Gasteiger partial charge in [0.2, 0.25) is 0 Å². The molecule has 1 aliphatic rings. The number of nitro groups is 1. The van der Waals surface area contributed by atoms with Crippen molar-refractivity contribution in [2.24, 2.45) is 0 Å². The lowest BCUT2D eigenvalue weighted by Crippen LogP contribution is -2.11. The number of para-hydroxylation sites is 2. The molecule has 0 spiro atoms. The Kier molecular flexibility index (Phi) is 3.08. The van der Waals surface area contributed by atoms with Crippen molar-refractivity contribution in [1.29, 1.82) is 0 Å². The highest BCUT2D eigenvalue weighted by Crippen LogP contribution is 2.47. The molecule has 3 aromatic carbocycles. The normalized spacial score (nSPS) is 12.9. The maximum atomic E-state index is 11.1. The molecular formula is C19H13NO3. The smallest absolute Gasteiger partial charge is 0.269 e. The number of nitrogens with zero attached hydrogens (tertiary/aromatic N) is 1. The molecule has 0 radical (unpaired) electrons. The molecule has 0 bridgehead atoms. The van der Waals surface area contributed by atoms with Gasteiger partial charge in [-0.25, -0.2) is 0 Å². The van der Waals surface area contributed by atoms with Crippen molar-refractivity contribution in [3.8, 4) is 11.5 Å². The van der Waals surface area contributed by atoms with Crippen LogP contribution in [0.2, 0.25) is 0 Å². The number of non-ortho nitro benzene ring substituents is 1. The molecular weight excluding hydrogens is 290 g/mol. The Bertz CT molecular complexity index is 859. The van der Waals surface area contributed by atoms with Crippen LogP contribution in [0.25, 0.3) is 0 Å². The predicted octanol–water partition coefficient (Wildman–Crippen LogP) is 4.88. The van der Waals surface area contributed by atoms with E-state index in [9.17, 15) is 10.1 Å². The summed E-state index contributed by atoms with van der Waals surface area (Å²) < 4.78 is 5.97. The third-order valence-corrected chi connectivity index (χ3v) is 4.09. The number of hydrogen-bond donors (Lipinski definition) is 0. The van der Waals surface area contributed by atoms with E-state index in [2.05, 4.69) is 0 Å². The van der Waals surface area contributed by atoms with Gasteiger partial charge in [-0.05, 0) is 17.7 Å². The molecule has 3 aromatic rings. The topological polar surface area (TPSA) is 52.4 Å². The fraction of sp³-hybridized carbons (Fsp3) is 0.0526. The predicted molar refractivity (Wildman–Crippen MR) is 87.0 cm³/mol. The standard InChI is InChI=1S/C19H13NO3/c21-20(22)14-7-5-6-13(12-14)19-15-8-1-3-10-17(15)23-18-11-4-2-9-16(18)19/h1-12,19H. The van der Waals surface area contributed by atoms with Crippen molar-refractivity contribution in [1.82, 2.24) is 0 Å².